The third-order valence-corrected chi connectivity index (χ3v) is 3.79. The number of carboxylic acid groups (broad SMARTS) is 1. The van der Waals surface area contributed by atoms with Crippen LogP contribution in [0, 0.1) is 5.92 Å². The minimum atomic E-state index is -1.08. The maximum absolute atomic E-state index is 12.1. The van der Waals surface area contributed by atoms with Crippen molar-refractivity contribution in [2.75, 3.05) is 7.11 Å². The van der Waals surface area contributed by atoms with Crippen molar-refractivity contribution in [3.8, 4) is 0 Å². The van der Waals surface area contributed by atoms with Gasteiger partial charge in [-0.3, -0.25) is 9.79 Å². The highest BCUT2D eigenvalue weighted by molar-refractivity contribution is 6.01. The number of carbonyl (C=O) groups excluding carboxylic acids is 2. The molecular weight excluding hydrogens is 336 g/mol. The van der Waals surface area contributed by atoms with Gasteiger partial charge in [-0.2, -0.15) is 0 Å². The Labute approximate surface area is 153 Å². The van der Waals surface area contributed by atoms with Crippen LogP contribution >= 0.6 is 0 Å². The molecule has 0 radical (unpaired) electrons. The number of aliphatic imine (C=N–C) groups is 1. The van der Waals surface area contributed by atoms with Gasteiger partial charge in [-0.15, -0.1) is 0 Å². The second-order valence-corrected chi connectivity index (χ2v) is 6.40. The van der Waals surface area contributed by atoms with Gasteiger partial charge in [0.15, 0.2) is 6.04 Å². The van der Waals surface area contributed by atoms with E-state index < -0.39 is 29.9 Å². The van der Waals surface area contributed by atoms with Crippen molar-refractivity contribution in [3.05, 3.63) is 35.9 Å². The van der Waals surface area contributed by atoms with E-state index in [1.54, 1.807) is 20.8 Å². The van der Waals surface area contributed by atoms with Gasteiger partial charge < -0.3 is 15.2 Å². The lowest BCUT2D eigenvalue weighted by Crippen LogP contribution is -2.44. The average Bonchev–Trinajstić information content (AvgIpc) is 2.58. The summed E-state index contributed by atoms with van der Waals surface area (Å²) in [6.07, 6.45) is 0.273. The van der Waals surface area contributed by atoms with Crippen LogP contribution in [0.4, 0.5) is 0 Å². The molecule has 1 aromatic rings. The number of esters is 1. The lowest BCUT2D eigenvalue weighted by molar-refractivity contribution is -0.143. The molecule has 1 aromatic carbocycles. The van der Waals surface area contributed by atoms with E-state index in [-0.39, 0.29) is 12.3 Å². The fourth-order valence-electron chi connectivity index (χ4n) is 2.44. The van der Waals surface area contributed by atoms with Crippen LogP contribution in [0.2, 0.25) is 0 Å². The molecule has 0 aromatic heterocycles. The number of carboxylic acids is 1. The third-order valence-electron chi connectivity index (χ3n) is 3.79. The Hall–Kier alpha value is -2.70. The summed E-state index contributed by atoms with van der Waals surface area (Å²) in [4.78, 5) is 39.5. The molecule has 142 valence electrons. The molecule has 0 heterocycles. The van der Waals surface area contributed by atoms with Crippen molar-refractivity contribution in [1.82, 2.24) is 5.32 Å². The summed E-state index contributed by atoms with van der Waals surface area (Å²) in [6, 6.07) is 7.66. The number of hydrogen-bond donors (Lipinski definition) is 2. The quantitative estimate of drug-likeness (QED) is 0.515. The molecular formula is C19H26N2O5. The van der Waals surface area contributed by atoms with Crippen LogP contribution in [0.5, 0.6) is 0 Å². The Kier molecular flexibility index (Phi) is 8.48. The summed E-state index contributed by atoms with van der Waals surface area (Å²) in [5.74, 6) is -2.26. The Morgan fingerprint density at radius 2 is 1.81 bits per heavy atom. The highest BCUT2D eigenvalue weighted by Crippen LogP contribution is 2.09. The molecule has 0 bridgehead atoms. The van der Waals surface area contributed by atoms with Crippen molar-refractivity contribution in [2.24, 2.45) is 10.9 Å². The van der Waals surface area contributed by atoms with E-state index in [9.17, 15) is 14.4 Å². The molecule has 0 aliphatic carbocycles. The number of hydrogen-bond acceptors (Lipinski definition) is 5. The number of methoxy groups -OCH3 is 1. The summed E-state index contributed by atoms with van der Waals surface area (Å²) < 4.78 is 4.79. The molecule has 1 amide bonds. The first kappa shape index (κ1) is 21.3. The number of benzene rings is 1. The van der Waals surface area contributed by atoms with Crippen molar-refractivity contribution in [2.45, 2.75) is 45.7 Å². The molecule has 1 unspecified atom stereocenters. The average molecular weight is 362 g/mol. The Morgan fingerprint density at radius 3 is 2.31 bits per heavy atom. The highest BCUT2D eigenvalue weighted by Gasteiger charge is 2.24. The SMILES string of the molecule is COC(=O)[C@H](Cc1ccccc1)N=C(C)CC(=O)NC(C(=O)O)C(C)C. The van der Waals surface area contributed by atoms with Crippen molar-refractivity contribution >= 4 is 23.6 Å². The van der Waals surface area contributed by atoms with E-state index in [0.29, 0.717) is 12.1 Å². The maximum Gasteiger partial charge on any atom is 0.330 e. The van der Waals surface area contributed by atoms with Gasteiger partial charge >= 0.3 is 11.9 Å². The number of rotatable bonds is 9. The molecule has 26 heavy (non-hydrogen) atoms. The molecule has 0 saturated heterocycles. The number of nitrogens with zero attached hydrogens (tertiary/aromatic N) is 1. The topological polar surface area (TPSA) is 105 Å². The molecule has 7 heteroatoms. The summed E-state index contributed by atoms with van der Waals surface area (Å²) in [7, 11) is 1.29. The van der Waals surface area contributed by atoms with E-state index in [2.05, 4.69) is 10.3 Å². The molecule has 1 rings (SSSR count). The first-order valence-electron chi connectivity index (χ1n) is 8.41. The van der Waals surface area contributed by atoms with Crippen LogP contribution < -0.4 is 5.32 Å². The van der Waals surface area contributed by atoms with Gasteiger partial charge in [0, 0.05) is 12.1 Å². The van der Waals surface area contributed by atoms with E-state index in [0.717, 1.165) is 5.56 Å². The fraction of sp³-hybridized carbons (Fsp3) is 0.474. The number of carbonyl (C=O) groups is 3. The van der Waals surface area contributed by atoms with Gasteiger partial charge in [0.1, 0.15) is 6.04 Å². The number of aliphatic carboxylic acids is 1. The van der Waals surface area contributed by atoms with Gasteiger partial charge in [-0.25, -0.2) is 9.59 Å². The van der Waals surface area contributed by atoms with Crippen LogP contribution in [0.15, 0.2) is 35.3 Å². The molecule has 0 fully saturated rings. The third kappa shape index (κ3) is 7.04. The van der Waals surface area contributed by atoms with Gasteiger partial charge in [0.25, 0.3) is 0 Å². The van der Waals surface area contributed by atoms with Gasteiger partial charge in [0.2, 0.25) is 5.91 Å². The zero-order chi connectivity index (χ0) is 19.7. The normalized spacial score (nSPS) is 13.8. The molecule has 0 aliphatic heterocycles. The molecule has 2 N–H and O–H groups in total. The Bertz CT molecular complexity index is 655. The minimum absolute atomic E-state index is 0.0845. The van der Waals surface area contributed by atoms with E-state index >= 15 is 0 Å². The predicted molar refractivity (Wildman–Crippen MR) is 98.1 cm³/mol. The molecule has 7 nitrogen and oxygen atoms in total. The zero-order valence-electron chi connectivity index (χ0n) is 15.6. The number of ether oxygens (including phenoxy) is 1. The monoisotopic (exact) mass is 362 g/mol. The van der Waals surface area contributed by atoms with Crippen molar-refractivity contribution in [1.29, 1.82) is 0 Å². The van der Waals surface area contributed by atoms with Gasteiger partial charge in [0.05, 0.1) is 13.5 Å². The number of amides is 1. The smallest absolute Gasteiger partial charge is 0.330 e. The largest absolute Gasteiger partial charge is 0.480 e. The first-order valence-corrected chi connectivity index (χ1v) is 8.41. The molecule has 0 spiro atoms. The number of nitrogens with one attached hydrogen (secondary N) is 1. The Morgan fingerprint density at radius 1 is 1.19 bits per heavy atom. The van der Waals surface area contributed by atoms with Crippen LogP contribution in [-0.4, -0.2) is 47.9 Å². The van der Waals surface area contributed by atoms with Crippen LogP contribution in [0.3, 0.4) is 0 Å². The van der Waals surface area contributed by atoms with E-state index in [1.807, 2.05) is 30.3 Å². The molecule has 0 saturated carbocycles. The molecule has 0 aliphatic rings. The summed E-state index contributed by atoms with van der Waals surface area (Å²) in [6.45, 7) is 5.06. The summed E-state index contributed by atoms with van der Waals surface area (Å²) in [5, 5.41) is 11.6. The van der Waals surface area contributed by atoms with Crippen LogP contribution in [0.1, 0.15) is 32.8 Å². The van der Waals surface area contributed by atoms with Crippen molar-refractivity contribution < 1.29 is 24.2 Å². The standard InChI is InChI=1S/C19H26N2O5/c1-12(2)17(18(23)24)21-16(22)10-13(3)20-15(19(25)26-4)11-14-8-6-5-7-9-14/h5-9,12,15,17H,10-11H2,1-4H3,(H,21,22)(H,23,24)/t15-,17?/m0/s1. The lowest BCUT2D eigenvalue weighted by Gasteiger charge is -2.18. The predicted octanol–water partition coefficient (Wildman–Crippen LogP) is 1.85. The second kappa shape index (κ2) is 10.3. The fourth-order valence-corrected chi connectivity index (χ4v) is 2.44. The van der Waals surface area contributed by atoms with Gasteiger partial charge in [-0.05, 0) is 18.4 Å². The summed E-state index contributed by atoms with van der Waals surface area (Å²) >= 11 is 0. The minimum Gasteiger partial charge on any atom is -0.480 e. The van der Waals surface area contributed by atoms with E-state index in [4.69, 9.17) is 9.84 Å². The van der Waals surface area contributed by atoms with Crippen LogP contribution in [-0.2, 0) is 25.5 Å². The first-order chi connectivity index (χ1) is 12.2. The second-order valence-electron chi connectivity index (χ2n) is 6.40. The Balaban J connectivity index is 2.80. The maximum atomic E-state index is 12.1. The summed E-state index contributed by atoms with van der Waals surface area (Å²) in [5.41, 5.74) is 1.36. The van der Waals surface area contributed by atoms with Crippen LogP contribution in [0.25, 0.3) is 0 Å². The lowest BCUT2D eigenvalue weighted by atomic mass is 10.0. The molecule has 2 atom stereocenters. The van der Waals surface area contributed by atoms with E-state index in [1.165, 1.54) is 7.11 Å². The highest BCUT2D eigenvalue weighted by atomic mass is 16.5. The zero-order valence-corrected chi connectivity index (χ0v) is 15.6. The van der Waals surface area contributed by atoms with Crippen molar-refractivity contribution in [3.63, 3.8) is 0 Å². The van der Waals surface area contributed by atoms with Gasteiger partial charge in [-0.1, -0.05) is 44.2 Å².